The van der Waals surface area contributed by atoms with Crippen molar-refractivity contribution < 1.29 is 39.3 Å². The number of aryl methyl sites for hydroxylation is 1. The molecule has 0 aliphatic carbocycles. The summed E-state index contributed by atoms with van der Waals surface area (Å²) in [7, 11) is -7.95. The molecule has 0 saturated heterocycles. The smallest absolute Gasteiger partial charge is 0.370 e. The van der Waals surface area contributed by atoms with E-state index in [2.05, 4.69) is 9.97 Å². The van der Waals surface area contributed by atoms with E-state index in [0.717, 1.165) is 5.57 Å². The van der Waals surface area contributed by atoms with E-state index in [0.29, 0.717) is 72.7 Å². The van der Waals surface area contributed by atoms with E-state index in [1.54, 1.807) is 24.3 Å². The molecule has 0 saturated carbocycles. The van der Waals surface area contributed by atoms with Gasteiger partial charge in [-0.15, -0.1) is 0 Å². The van der Waals surface area contributed by atoms with Gasteiger partial charge in [-0.05, 0) is 62.5 Å². The van der Waals surface area contributed by atoms with Gasteiger partial charge in [0.15, 0.2) is 11.2 Å². The molecule has 0 amide bonds. The third-order valence-electron chi connectivity index (χ3n) is 5.68. The molecule has 1 aliphatic heterocycles. The molecule has 2 N–H and O–H groups in total. The molecule has 38 heavy (non-hydrogen) atoms. The molecule has 0 radical (unpaired) electrons. The van der Waals surface area contributed by atoms with Crippen molar-refractivity contribution in [2.24, 2.45) is 0 Å². The standard InChI is InChI=1S/C24H28N4O8S2/c1-18(16-21-25-23-19(35-21)8-6-12-27(23)10-2-4-14-37(29,30)31)17-22-26-24-20(36-22)9-7-13-28(24)11-3-5-15-38(32,33)34/h6-9,12-13,16-17H,2-5,10-11,14-15H2,1H3,(H-,29,30,31,32,33,34)/p+1. The summed E-state index contributed by atoms with van der Waals surface area (Å²) in [5.41, 5.74) is 2.95. The number of unbranched alkanes of at least 4 members (excludes halogenated alkanes) is 2. The number of fused-ring (bicyclic) bond motifs is 2. The molecule has 1 aliphatic rings. The van der Waals surface area contributed by atoms with Gasteiger partial charge in [0.1, 0.15) is 0 Å². The zero-order valence-electron chi connectivity index (χ0n) is 20.7. The number of nitrogens with zero attached hydrogens (tertiary/aromatic N) is 4. The van der Waals surface area contributed by atoms with E-state index in [-0.39, 0.29) is 11.5 Å². The first-order chi connectivity index (χ1) is 18.0. The van der Waals surface area contributed by atoms with Crippen molar-refractivity contribution in [1.82, 2.24) is 9.97 Å². The first-order valence-corrected chi connectivity index (χ1v) is 15.2. The van der Waals surface area contributed by atoms with Crippen molar-refractivity contribution in [3.63, 3.8) is 0 Å². The van der Waals surface area contributed by atoms with Crippen LogP contribution in [0.25, 0.3) is 29.5 Å². The SMILES string of the molecule is CC(/C=c1/nc2c(o1)=CC=CN2CCCCS(=O)(=O)O)=C\c1nc2c(ccc[n+]2CCCCS(=O)(=O)O)o1. The van der Waals surface area contributed by atoms with Crippen LogP contribution in [0.3, 0.4) is 0 Å². The van der Waals surface area contributed by atoms with Gasteiger partial charge in [0.05, 0.1) is 24.2 Å². The second-order valence-corrected chi connectivity index (χ2v) is 12.0. The van der Waals surface area contributed by atoms with Gasteiger partial charge in [-0.3, -0.25) is 9.11 Å². The minimum absolute atomic E-state index is 0.283. The largest absolute Gasteiger partial charge is 0.435 e. The molecule has 0 bridgehead atoms. The average Bonchev–Trinajstić information content (AvgIpc) is 3.42. The Morgan fingerprint density at radius 3 is 2.53 bits per heavy atom. The zero-order chi connectivity index (χ0) is 27.3. The Morgan fingerprint density at radius 2 is 1.79 bits per heavy atom. The zero-order valence-corrected chi connectivity index (χ0v) is 22.4. The second-order valence-electron chi connectivity index (χ2n) is 8.90. The number of oxazole rings is 2. The van der Waals surface area contributed by atoms with Crippen LogP contribution in [0, 0.1) is 0 Å². The van der Waals surface area contributed by atoms with E-state index in [9.17, 15) is 16.8 Å². The molecule has 14 heteroatoms. The highest BCUT2D eigenvalue weighted by molar-refractivity contribution is 7.86. The lowest BCUT2D eigenvalue weighted by atomic mass is 10.3. The molecule has 3 aromatic rings. The lowest BCUT2D eigenvalue weighted by molar-refractivity contribution is -0.673. The predicted molar refractivity (Wildman–Crippen MR) is 140 cm³/mol. The molecule has 4 heterocycles. The fourth-order valence-electron chi connectivity index (χ4n) is 3.97. The molecule has 0 aromatic carbocycles. The maximum absolute atomic E-state index is 10.9. The molecule has 12 nitrogen and oxygen atoms in total. The highest BCUT2D eigenvalue weighted by Crippen LogP contribution is 2.15. The Morgan fingerprint density at radius 1 is 1.05 bits per heavy atom. The summed E-state index contributed by atoms with van der Waals surface area (Å²) in [6, 6.07) is 3.61. The van der Waals surface area contributed by atoms with Crippen LogP contribution < -0.4 is 20.4 Å². The number of aromatic nitrogens is 3. The summed E-state index contributed by atoms with van der Waals surface area (Å²) in [4.78, 5) is 11.0. The Bertz CT molecular complexity index is 1700. The van der Waals surface area contributed by atoms with Gasteiger partial charge in [-0.1, -0.05) is 0 Å². The van der Waals surface area contributed by atoms with Gasteiger partial charge in [-0.2, -0.15) is 21.8 Å². The summed E-state index contributed by atoms with van der Waals surface area (Å²) in [5.74, 6) is 0.441. The van der Waals surface area contributed by atoms with Gasteiger partial charge >= 0.3 is 11.5 Å². The van der Waals surface area contributed by atoms with E-state index in [1.165, 1.54) is 0 Å². The van der Waals surface area contributed by atoms with Crippen LogP contribution >= 0.6 is 0 Å². The van der Waals surface area contributed by atoms with Crippen molar-refractivity contribution in [2.75, 3.05) is 23.0 Å². The van der Waals surface area contributed by atoms with E-state index in [1.807, 2.05) is 40.9 Å². The van der Waals surface area contributed by atoms with E-state index < -0.39 is 20.2 Å². The number of allylic oxidation sites excluding steroid dienone is 2. The molecule has 4 rings (SSSR count). The van der Waals surface area contributed by atoms with Gasteiger partial charge in [-0.25, -0.2) is 4.57 Å². The fourth-order valence-corrected chi connectivity index (χ4v) is 5.11. The van der Waals surface area contributed by atoms with Crippen LogP contribution in [-0.4, -0.2) is 54.0 Å². The van der Waals surface area contributed by atoms with Gasteiger partial charge in [0.2, 0.25) is 11.1 Å². The normalized spacial score (nSPS) is 14.8. The third kappa shape index (κ3) is 7.84. The molecule has 0 unspecified atom stereocenters. The molecule has 0 atom stereocenters. The molecule has 0 spiro atoms. The summed E-state index contributed by atoms with van der Waals surface area (Å²) >= 11 is 0. The van der Waals surface area contributed by atoms with Crippen LogP contribution in [0.2, 0.25) is 0 Å². The number of rotatable bonds is 12. The van der Waals surface area contributed by atoms with E-state index in [4.69, 9.17) is 17.9 Å². The van der Waals surface area contributed by atoms with Crippen LogP contribution in [0.15, 0.2) is 45.0 Å². The molecular formula is C24H29N4O8S2+. The topological polar surface area (TPSA) is 168 Å². The van der Waals surface area contributed by atoms with Crippen molar-refractivity contribution >= 4 is 55.5 Å². The van der Waals surface area contributed by atoms with Gasteiger partial charge in [0, 0.05) is 29.9 Å². The Kier molecular flexibility index (Phi) is 8.45. The first kappa shape index (κ1) is 27.7. The number of anilines is 1. The molecule has 0 fully saturated rings. The molecule has 3 aromatic heterocycles. The van der Waals surface area contributed by atoms with Crippen molar-refractivity contribution in [3.8, 4) is 0 Å². The minimum Gasteiger partial charge on any atom is -0.435 e. The second kappa shape index (κ2) is 11.6. The Balaban J connectivity index is 1.46. The maximum atomic E-state index is 10.9. The Hall–Kier alpha value is -3.33. The van der Waals surface area contributed by atoms with Gasteiger partial charge < -0.3 is 13.7 Å². The van der Waals surface area contributed by atoms with Crippen LogP contribution in [-0.2, 0) is 26.8 Å². The van der Waals surface area contributed by atoms with Crippen LogP contribution in [0.5, 0.6) is 0 Å². The maximum Gasteiger partial charge on any atom is 0.370 e. The fraction of sp³-hybridized carbons (Fsp3) is 0.375. The van der Waals surface area contributed by atoms with Crippen molar-refractivity contribution in [2.45, 2.75) is 39.2 Å². The molecular weight excluding hydrogens is 536 g/mol. The van der Waals surface area contributed by atoms with Crippen LogP contribution in [0.1, 0.15) is 38.5 Å². The van der Waals surface area contributed by atoms with E-state index >= 15 is 0 Å². The number of hydrogen-bond acceptors (Lipinski definition) is 9. The summed E-state index contributed by atoms with van der Waals surface area (Å²) < 4.78 is 75.0. The highest BCUT2D eigenvalue weighted by Gasteiger charge is 2.18. The lowest BCUT2D eigenvalue weighted by Crippen LogP contribution is -2.34. The number of pyridine rings is 1. The molecule has 204 valence electrons. The van der Waals surface area contributed by atoms with Crippen LogP contribution in [0.4, 0.5) is 5.82 Å². The summed E-state index contributed by atoms with van der Waals surface area (Å²) in [6.45, 7) is 2.90. The lowest BCUT2D eigenvalue weighted by Gasteiger charge is -2.18. The predicted octanol–water partition coefficient (Wildman–Crippen LogP) is 1.44. The van der Waals surface area contributed by atoms with Gasteiger partial charge in [0.25, 0.3) is 20.2 Å². The third-order valence-corrected chi connectivity index (χ3v) is 7.29. The van der Waals surface area contributed by atoms with Crippen molar-refractivity contribution in [3.05, 3.63) is 53.0 Å². The van der Waals surface area contributed by atoms with Crippen molar-refractivity contribution in [1.29, 1.82) is 0 Å². The average molecular weight is 566 g/mol. The highest BCUT2D eigenvalue weighted by atomic mass is 32.2. The quantitative estimate of drug-likeness (QED) is 0.185. The Labute approximate surface area is 219 Å². The number of hydrogen-bond donors (Lipinski definition) is 2. The monoisotopic (exact) mass is 565 g/mol. The first-order valence-electron chi connectivity index (χ1n) is 12.0. The summed E-state index contributed by atoms with van der Waals surface area (Å²) in [5, 5.41) is 0. The minimum atomic E-state index is -3.97. The summed E-state index contributed by atoms with van der Waals surface area (Å²) in [6.07, 6.45) is 12.5.